The second-order valence-electron chi connectivity index (χ2n) is 6.69. The largest absolute Gasteiger partial charge is 0.461 e. The van der Waals surface area contributed by atoms with Gasteiger partial charge in [0.2, 0.25) is 0 Å². The SMILES string of the molecule is CC(C)OCCC(Cc1cccc(OC(F)(F)C(F)F)c1)NCC(O)C(F)(F)F. The normalized spacial score (nSPS) is 15.0. The number of ether oxygens (including phenoxy) is 2. The molecule has 2 N–H and O–H groups in total. The highest BCUT2D eigenvalue weighted by Crippen LogP contribution is 2.28. The van der Waals surface area contributed by atoms with Crippen molar-refractivity contribution >= 4 is 0 Å². The van der Waals surface area contributed by atoms with Gasteiger partial charge in [-0.1, -0.05) is 12.1 Å². The van der Waals surface area contributed by atoms with Gasteiger partial charge in [0.1, 0.15) is 5.75 Å². The van der Waals surface area contributed by atoms with Crippen molar-refractivity contribution < 1.29 is 45.3 Å². The Morgan fingerprint density at radius 2 is 1.76 bits per heavy atom. The first kappa shape index (κ1) is 25.4. The molecule has 1 aromatic carbocycles. The van der Waals surface area contributed by atoms with E-state index in [0.29, 0.717) is 5.56 Å². The van der Waals surface area contributed by atoms with Crippen molar-refractivity contribution in [3.05, 3.63) is 29.8 Å². The highest BCUT2D eigenvalue weighted by molar-refractivity contribution is 5.29. The summed E-state index contributed by atoms with van der Waals surface area (Å²) in [6, 6.07) is 4.37. The maximum atomic E-state index is 13.1. The van der Waals surface area contributed by atoms with E-state index in [1.54, 1.807) is 13.8 Å². The van der Waals surface area contributed by atoms with E-state index in [2.05, 4.69) is 10.1 Å². The molecule has 0 saturated heterocycles. The third-order valence-electron chi connectivity index (χ3n) is 3.78. The van der Waals surface area contributed by atoms with Crippen LogP contribution >= 0.6 is 0 Å². The van der Waals surface area contributed by atoms with Crippen LogP contribution in [0.2, 0.25) is 0 Å². The van der Waals surface area contributed by atoms with Crippen LogP contribution in [-0.2, 0) is 11.2 Å². The summed E-state index contributed by atoms with van der Waals surface area (Å²) >= 11 is 0. The lowest BCUT2D eigenvalue weighted by Crippen LogP contribution is -2.43. The van der Waals surface area contributed by atoms with Gasteiger partial charge in [-0.05, 0) is 44.4 Å². The highest BCUT2D eigenvalue weighted by atomic mass is 19.4. The topological polar surface area (TPSA) is 50.7 Å². The summed E-state index contributed by atoms with van der Waals surface area (Å²) in [6.07, 6.45) is -15.8. The van der Waals surface area contributed by atoms with Crippen LogP contribution in [0.1, 0.15) is 25.8 Å². The maximum absolute atomic E-state index is 13.1. The lowest BCUT2D eigenvalue weighted by atomic mass is 10.0. The number of hydrogen-bond donors (Lipinski definition) is 2. The number of aliphatic hydroxyl groups excluding tert-OH is 1. The van der Waals surface area contributed by atoms with Gasteiger partial charge in [0, 0.05) is 19.2 Å². The molecule has 2 atom stereocenters. The molecular formula is C18H24F7NO3. The van der Waals surface area contributed by atoms with E-state index < -0.39 is 43.2 Å². The number of alkyl halides is 7. The average molecular weight is 435 g/mol. The van der Waals surface area contributed by atoms with E-state index in [1.807, 2.05) is 0 Å². The molecule has 29 heavy (non-hydrogen) atoms. The number of aliphatic hydroxyl groups is 1. The first-order valence-corrected chi connectivity index (χ1v) is 8.85. The van der Waals surface area contributed by atoms with Gasteiger partial charge in [0.25, 0.3) is 0 Å². The Morgan fingerprint density at radius 3 is 2.31 bits per heavy atom. The molecule has 0 spiro atoms. The number of rotatable bonds is 12. The molecule has 0 aliphatic heterocycles. The summed E-state index contributed by atoms with van der Waals surface area (Å²) < 4.78 is 97.5. The Hall–Kier alpha value is -1.59. The molecule has 0 radical (unpaired) electrons. The lowest BCUT2D eigenvalue weighted by Gasteiger charge is -2.23. The smallest absolute Gasteiger partial charge is 0.428 e. The van der Waals surface area contributed by atoms with Gasteiger partial charge < -0.3 is 19.9 Å². The standard InChI is InChI=1S/C18H24F7NO3/c1-11(2)28-7-6-13(26-10-15(27)17(21,22)23)8-12-4-3-5-14(9-12)29-18(24,25)16(19)20/h3-5,9,11,13,15-16,26-27H,6-8,10H2,1-2H3. The molecule has 0 amide bonds. The van der Waals surface area contributed by atoms with Crippen LogP contribution in [0.25, 0.3) is 0 Å². The molecule has 1 rings (SSSR count). The predicted octanol–water partition coefficient (Wildman–Crippen LogP) is 4.16. The van der Waals surface area contributed by atoms with Crippen molar-refractivity contribution in [1.82, 2.24) is 5.32 Å². The fourth-order valence-corrected chi connectivity index (χ4v) is 2.34. The van der Waals surface area contributed by atoms with Gasteiger partial charge in [-0.3, -0.25) is 0 Å². The minimum Gasteiger partial charge on any atom is -0.428 e. The zero-order chi connectivity index (χ0) is 22.2. The summed E-state index contributed by atoms with van der Waals surface area (Å²) in [5, 5.41) is 11.7. The molecule has 1 aromatic rings. The molecule has 0 aromatic heterocycles. The molecule has 0 aliphatic carbocycles. The summed E-state index contributed by atoms with van der Waals surface area (Å²) in [5.41, 5.74) is 0.371. The molecule has 0 aliphatic rings. The number of halogens is 7. The van der Waals surface area contributed by atoms with Crippen LogP contribution in [0, 0.1) is 0 Å². The fraction of sp³-hybridized carbons (Fsp3) is 0.667. The van der Waals surface area contributed by atoms with Crippen LogP contribution in [0.3, 0.4) is 0 Å². The molecule has 0 saturated carbocycles. The molecule has 2 unspecified atom stereocenters. The minimum absolute atomic E-state index is 0.0729. The van der Waals surface area contributed by atoms with Gasteiger partial charge >= 0.3 is 18.7 Å². The predicted molar refractivity (Wildman–Crippen MR) is 91.3 cm³/mol. The van der Waals surface area contributed by atoms with Gasteiger partial charge in [0.05, 0.1) is 6.10 Å². The Kier molecular flexibility index (Phi) is 9.63. The zero-order valence-electron chi connectivity index (χ0n) is 15.9. The molecule has 0 bridgehead atoms. The Balaban J connectivity index is 2.81. The minimum atomic E-state index is -4.79. The Bertz CT molecular complexity index is 611. The maximum Gasteiger partial charge on any atom is 0.461 e. The van der Waals surface area contributed by atoms with E-state index in [1.165, 1.54) is 12.1 Å². The van der Waals surface area contributed by atoms with Crippen molar-refractivity contribution in [1.29, 1.82) is 0 Å². The third-order valence-corrected chi connectivity index (χ3v) is 3.78. The second kappa shape index (κ2) is 11.0. The number of nitrogens with one attached hydrogen (secondary N) is 1. The Labute approximate surface area is 164 Å². The molecular weight excluding hydrogens is 411 g/mol. The average Bonchev–Trinajstić information content (AvgIpc) is 2.57. The molecule has 0 fully saturated rings. The van der Waals surface area contributed by atoms with Crippen molar-refractivity contribution in [2.45, 2.75) is 63.6 Å². The van der Waals surface area contributed by atoms with Gasteiger partial charge in [0.15, 0.2) is 6.10 Å². The van der Waals surface area contributed by atoms with Crippen LogP contribution in [-0.4, -0.2) is 55.2 Å². The highest BCUT2D eigenvalue weighted by Gasteiger charge is 2.44. The van der Waals surface area contributed by atoms with Gasteiger partial charge in [-0.25, -0.2) is 0 Å². The van der Waals surface area contributed by atoms with E-state index in [0.717, 1.165) is 12.1 Å². The van der Waals surface area contributed by atoms with Crippen molar-refractivity contribution in [3.8, 4) is 5.75 Å². The van der Waals surface area contributed by atoms with Crippen molar-refractivity contribution in [3.63, 3.8) is 0 Å². The van der Waals surface area contributed by atoms with Gasteiger partial charge in [-0.2, -0.15) is 30.7 Å². The molecule has 11 heteroatoms. The van der Waals surface area contributed by atoms with Crippen molar-refractivity contribution in [2.24, 2.45) is 0 Å². The molecule has 168 valence electrons. The number of benzene rings is 1. The summed E-state index contributed by atoms with van der Waals surface area (Å²) in [7, 11) is 0. The van der Waals surface area contributed by atoms with E-state index in [4.69, 9.17) is 9.84 Å². The second-order valence-corrected chi connectivity index (χ2v) is 6.69. The Morgan fingerprint density at radius 1 is 1.10 bits per heavy atom. The van der Waals surface area contributed by atoms with Crippen LogP contribution in [0.4, 0.5) is 30.7 Å². The van der Waals surface area contributed by atoms with E-state index in [9.17, 15) is 30.7 Å². The third kappa shape index (κ3) is 9.64. The van der Waals surface area contributed by atoms with Crippen LogP contribution in [0.15, 0.2) is 24.3 Å². The quantitative estimate of drug-likeness (QED) is 0.484. The summed E-state index contributed by atoms with van der Waals surface area (Å²) in [5.74, 6) is -0.500. The first-order valence-electron chi connectivity index (χ1n) is 8.85. The monoisotopic (exact) mass is 435 g/mol. The number of hydrogen-bond acceptors (Lipinski definition) is 4. The zero-order valence-corrected chi connectivity index (χ0v) is 15.9. The lowest BCUT2D eigenvalue weighted by molar-refractivity contribution is -0.253. The van der Waals surface area contributed by atoms with Gasteiger partial charge in [-0.15, -0.1) is 0 Å². The van der Waals surface area contributed by atoms with E-state index >= 15 is 0 Å². The van der Waals surface area contributed by atoms with Crippen LogP contribution in [0.5, 0.6) is 5.75 Å². The summed E-state index contributed by atoms with van der Waals surface area (Å²) in [4.78, 5) is 0. The molecule has 4 nitrogen and oxygen atoms in total. The van der Waals surface area contributed by atoms with Crippen LogP contribution < -0.4 is 10.1 Å². The fourth-order valence-electron chi connectivity index (χ4n) is 2.34. The van der Waals surface area contributed by atoms with E-state index in [-0.39, 0.29) is 25.6 Å². The first-order chi connectivity index (χ1) is 13.3. The summed E-state index contributed by atoms with van der Waals surface area (Å²) in [6.45, 7) is 2.99. The van der Waals surface area contributed by atoms with Crippen molar-refractivity contribution in [2.75, 3.05) is 13.2 Å². The molecule has 0 heterocycles.